The Kier molecular flexibility index (Phi) is 12.4. The van der Waals surface area contributed by atoms with Crippen LogP contribution in [0.1, 0.15) is 44.1 Å². The Hall–Kier alpha value is -0.370. The number of hydrogen-bond donors (Lipinski definition) is 0. The lowest BCUT2D eigenvalue weighted by molar-refractivity contribution is 0.101. The van der Waals surface area contributed by atoms with Crippen molar-refractivity contribution in [2.24, 2.45) is 0 Å². The summed E-state index contributed by atoms with van der Waals surface area (Å²) in [5, 5.41) is 0. The highest BCUT2D eigenvalue weighted by atomic mass is 31.0. The van der Waals surface area contributed by atoms with Crippen molar-refractivity contribution in [1.82, 2.24) is 4.90 Å². The van der Waals surface area contributed by atoms with E-state index >= 15 is 0 Å². The zero-order chi connectivity index (χ0) is 14.5. The summed E-state index contributed by atoms with van der Waals surface area (Å²) in [6, 6.07) is 4.03. The fourth-order valence-electron chi connectivity index (χ4n) is 1.70. The fraction of sp³-hybridized carbons (Fsp3) is 0.733. The molecule has 3 nitrogen and oxygen atoms in total. The van der Waals surface area contributed by atoms with Crippen LogP contribution in [0.15, 0.2) is 16.5 Å². The molecule has 112 valence electrons. The van der Waals surface area contributed by atoms with Crippen molar-refractivity contribution in [2.45, 2.75) is 45.8 Å². The molecule has 0 saturated carbocycles. The standard InChI is InChI=1S/C14H25NO2.CH5P/c1-4-5-6-7-10-16-12-14-9-8-13(17-14)11-15(2)3;1-2/h8-9H,4-7,10-12H2,1-3H3;2H2,1H3. The van der Waals surface area contributed by atoms with Crippen LogP contribution in [0.4, 0.5) is 0 Å². The molecule has 0 saturated heterocycles. The van der Waals surface area contributed by atoms with Crippen LogP contribution in [0.25, 0.3) is 0 Å². The zero-order valence-electron chi connectivity index (χ0n) is 12.9. The first-order valence-electron chi connectivity index (χ1n) is 7.10. The van der Waals surface area contributed by atoms with Gasteiger partial charge in [-0.05, 0) is 32.6 Å². The van der Waals surface area contributed by atoms with Gasteiger partial charge in [-0.3, -0.25) is 0 Å². The molecule has 0 amide bonds. The summed E-state index contributed by atoms with van der Waals surface area (Å²) < 4.78 is 11.2. The van der Waals surface area contributed by atoms with Crippen molar-refractivity contribution >= 4 is 9.24 Å². The van der Waals surface area contributed by atoms with E-state index in [2.05, 4.69) is 21.1 Å². The predicted octanol–water partition coefficient (Wildman–Crippen LogP) is 3.93. The topological polar surface area (TPSA) is 25.6 Å². The molecule has 4 heteroatoms. The van der Waals surface area contributed by atoms with Gasteiger partial charge >= 0.3 is 0 Å². The Bertz CT molecular complexity index is 300. The minimum absolute atomic E-state index is 0.597. The minimum atomic E-state index is 0.597. The molecule has 0 spiro atoms. The van der Waals surface area contributed by atoms with Gasteiger partial charge in [0.2, 0.25) is 0 Å². The van der Waals surface area contributed by atoms with E-state index in [9.17, 15) is 0 Å². The summed E-state index contributed by atoms with van der Waals surface area (Å²) in [6.07, 6.45) is 4.99. The molecule has 0 bridgehead atoms. The van der Waals surface area contributed by atoms with Gasteiger partial charge in [-0.2, -0.15) is 0 Å². The second kappa shape index (κ2) is 12.7. The van der Waals surface area contributed by atoms with Crippen LogP contribution >= 0.6 is 9.24 Å². The number of unbranched alkanes of at least 4 members (excludes halogenated alkanes) is 3. The summed E-state index contributed by atoms with van der Waals surface area (Å²) >= 11 is 0. The maximum absolute atomic E-state index is 5.66. The Balaban J connectivity index is 0.00000154. The number of ether oxygens (including phenoxy) is 1. The fourth-order valence-corrected chi connectivity index (χ4v) is 1.70. The van der Waals surface area contributed by atoms with Crippen molar-refractivity contribution in [3.8, 4) is 0 Å². The molecule has 1 unspecified atom stereocenters. The van der Waals surface area contributed by atoms with E-state index in [1.54, 1.807) is 0 Å². The molecule has 1 aromatic heterocycles. The summed E-state index contributed by atoms with van der Waals surface area (Å²) in [5.41, 5.74) is 0. The number of nitrogens with zero attached hydrogens (tertiary/aromatic N) is 1. The molecule has 0 radical (unpaired) electrons. The van der Waals surface area contributed by atoms with Crippen LogP contribution in [-0.2, 0) is 17.9 Å². The Labute approximate surface area is 120 Å². The van der Waals surface area contributed by atoms with Gasteiger partial charge in [-0.15, -0.1) is 9.24 Å². The van der Waals surface area contributed by atoms with E-state index in [1.807, 2.05) is 32.9 Å². The summed E-state index contributed by atoms with van der Waals surface area (Å²) in [6.45, 7) is 6.41. The Morgan fingerprint density at radius 1 is 1.11 bits per heavy atom. The van der Waals surface area contributed by atoms with Gasteiger partial charge in [0.15, 0.2) is 0 Å². The van der Waals surface area contributed by atoms with E-state index in [0.29, 0.717) is 6.61 Å². The quantitative estimate of drug-likeness (QED) is 0.508. The second-order valence-electron chi connectivity index (χ2n) is 4.72. The van der Waals surface area contributed by atoms with Crippen molar-refractivity contribution < 1.29 is 9.15 Å². The van der Waals surface area contributed by atoms with Crippen molar-refractivity contribution in [2.75, 3.05) is 27.4 Å². The minimum Gasteiger partial charge on any atom is -0.462 e. The van der Waals surface area contributed by atoms with Crippen molar-refractivity contribution in [3.63, 3.8) is 0 Å². The van der Waals surface area contributed by atoms with Gasteiger partial charge in [-0.1, -0.05) is 32.9 Å². The van der Waals surface area contributed by atoms with Crippen LogP contribution in [0.3, 0.4) is 0 Å². The van der Waals surface area contributed by atoms with Crippen LogP contribution in [-0.4, -0.2) is 32.3 Å². The molecular weight excluding hydrogens is 257 g/mol. The number of furan rings is 1. The Morgan fingerprint density at radius 3 is 2.42 bits per heavy atom. The van der Waals surface area contributed by atoms with Crippen LogP contribution in [0.5, 0.6) is 0 Å². The van der Waals surface area contributed by atoms with E-state index in [1.165, 1.54) is 19.3 Å². The van der Waals surface area contributed by atoms with Crippen LogP contribution in [0, 0.1) is 0 Å². The molecule has 1 atom stereocenters. The van der Waals surface area contributed by atoms with Crippen LogP contribution in [0.2, 0.25) is 0 Å². The van der Waals surface area contributed by atoms with E-state index < -0.39 is 0 Å². The smallest absolute Gasteiger partial charge is 0.129 e. The van der Waals surface area contributed by atoms with Gasteiger partial charge in [0.1, 0.15) is 18.1 Å². The molecule has 19 heavy (non-hydrogen) atoms. The van der Waals surface area contributed by atoms with E-state index in [0.717, 1.165) is 31.1 Å². The maximum atomic E-state index is 5.66. The van der Waals surface area contributed by atoms with Crippen molar-refractivity contribution in [3.05, 3.63) is 23.7 Å². The number of hydrogen-bond acceptors (Lipinski definition) is 3. The average Bonchev–Trinajstić information content (AvgIpc) is 2.83. The van der Waals surface area contributed by atoms with Gasteiger partial charge in [0, 0.05) is 6.61 Å². The summed E-state index contributed by atoms with van der Waals surface area (Å²) in [4.78, 5) is 2.09. The van der Waals surface area contributed by atoms with E-state index in [4.69, 9.17) is 9.15 Å². The SMILES string of the molecule is CCCCCCOCc1ccc(CN(C)C)o1.CP. The highest BCUT2D eigenvalue weighted by Gasteiger charge is 2.03. The highest BCUT2D eigenvalue weighted by molar-refractivity contribution is 7.15. The third-order valence-electron chi connectivity index (χ3n) is 2.58. The lowest BCUT2D eigenvalue weighted by Crippen LogP contribution is -2.09. The molecule has 0 fully saturated rings. The normalized spacial score (nSPS) is 10.4. The van der Waals surface area contributed by atoms with E-state index in [-0.39, 0.29) is 0 Å². The molecule has 0 N–H and O–H groups in total. The predicted molar refractivity (Wildman–Crippen MR) is 85.5 cm³/mol. The zero-order valence-corrected chi connectivity index (χ0v) is 14.1. The molecule has 0 aliphatic rings. The first-order chi connectivity index (χ1) is 9.22. The molecule has 1 heterocycles. The summed E-state index contributed by atoms with van der Waals surface area (Å²) in [7, 11) is 6.48. The molecule has 1 aromatic rings. The largest absolute Gasteiger partial charge is 0.462 e. The molecule has 1 rings (SSSR count). The lowest BCUT2D eigenvalue weighted by atomic mass is 10.2. The van der Waals surface area contributed by atoms with Gasteiger partial charge in [0.25, 0.3) is 0 Å². The van der Waals surface area contributed by atoms with Gasteiger partial charge < -0.3 is 14.1 Å². The third kappa shape index (κ3) is 10.1. The third-order valence-corrected chi connectivity index (χ3v) is 2.58. The van der Waals surface area contributed by atoms with Gasteiger partial charge in [-0.25, -0.2) is 0 Å². The van der Waals surface area contributed by atoms with Crippen LogP contribution < -0.4 is 0 Å². The average molecular weight is 287 g/mol. The molecule has 0 aromatic carbocycles. The van der Waals surface area contributed by atoms with Gasteiger partial charge in [0.05, 0.1) is 6.54 Å². The highest BCUT2D eigenvalue weighted by Crippen LogP contribution is 2.11. The Morgan fingerprint density at radius 2 is 1.79 bits per heavy atom. The summed E-state index contributed by atoms with van der Waals surface area (Å²) in [5.74, 6) is 1.93. The first-order valence-corrected chi connectivity index (χ1v) is 8.25. The number of rotatable bonds is 9. The molecular formula is C15H30NO2P. The second-order valence-corrected chi connectivity index (χ2v) is 4.72. The molecule has 0 aliphatic heterocycles. The van der Waals surface area contributed by atoms with Crippen molar-refractivity contribution in [1.29, 1.82) is 0 Å². The lowest BCUT2D eigenvalue weighted by Gasteiger charge is -2.06. The first kappa shape index (κ1) is 18.6. The monoisotopic (exact) mass is 287 g/mol. The maximum Gasteiger partial charge on any atom is 0.129 e. The molecule has 0 aliphatic carbocycles.